The number of fused-ring (bicyclic) bond motifs is 1. The van der Waals surface area contributed by atoms with Crippen LogP contribution in [0.1, 0.15) is 58.6 Å². The van der Waals surface area contributed by atoms with Gasteiger partial charge in [-0.1, -0.05) is 13.8 Å². The van der Waals surface area contributed by atoms with Crippen LogP contribution in [0.25, 0.3) is 0 Å². The fraction of sp³-hybridized carbons (Fsp3) is 0.474. The summed E-state index contributed by atoms with van der Waals surface area (Å²) in [5, 5.41) is 14.3. The summed E-state index contributed by atoms with van der Waals surface area (Å²) >= 11 is 0. The van der Waals surface area contributed by atoms with Gasteiger partial charge in [0.05, 0.1) is 16.3 Å². The SMILES string of the molecule is Cc1cc(C(=O)c2c(C)nn(C)c2O)c(C)c2c1S(=O)(=O)CCC2(C)C. The third-order valence-corrected chi connectivity index (χ3v) is 7.26. The van der Waals surface area contributed by atoms with Gasteiger partial charge in [-0.15, -0.1) is 0 Å². The molecule has 0 fully saturated rings. The zero-order valence-corrected chi connectivity index (χ0v) is 16.8. The van der Waals surface area contributed by atoms with E-state index in [1.165, 1.54) is 4.68 Å². The van der Waals surface area contributed by atoms with Crippen molar-refractivity contribution in [2.24, 2.45) is 7.05 Å². The average molecular weight is 376 g/mol. The van der Waals surface area contributed by atoms with Crippen LogP contribution >= 0.6 is 0 Å². The summed E-state index contributed by atoms with van der Waals surface area (Å²) in [4.78, 5) is 13.5. The van der Waals surface area contributed by atoms with Gasteiger partial charge in [-0.3, -0.25) is 4.79 Å². The van der Waals surface area contributed by atoms with Crippen molar-refractivity contribution in [3.63, 3.8) is 0 Å². The molecule has 1 aliphatic heterocycles. The number of aromatic nitrogens is 2. The molecule has 2 heterocycles. The molecule has 6 nitrogen and oxygen atoms in total. The number of benzene rings is 1. The Morgan fingerprint density at radius 2 is 1.88 bits per heavy atom. The normalized spacial score (nSPS) is 17.8. The van der Waals surface area contributed by atoms with Crippen molar-refractivity contribution < 1.29 is 18.3 Å². The quantitative estimate of drug-likeness (QED) is 0.814. The van der Waals surface area contributed by atoms with Gasteiger partial charge in [0.15, 0.2) is 9.84 Å². The number of carbonyl (C=O) groups is 1. The van der Waals surface area contributed by atoms with E-state index in [0.717, 1.165) is 0 Å². The molecule has 0 saturated carbocycles. The maximum absolute atomic E-state index is 13.2. The topological polar surface area (TPSA) is 89.3 Å². The maximum atomic E-state index is 13.2. The highest BCUT2D eigenvalue weighted by atomic mass is 32.2. The van der Waals surface area contributed by atoms with Crippen LogP contribution in [-0.2, 0) is 22.3 Å². The van der Waals surface area contributed by atoms with E-state index < -0.39 is 9.84 Å². The highest BCUT2D eigenvalue weighted by molar-refractivity contribution is 7.91. The van der Waals surface area contributed by atoms with Gasteiger partial charge >= 0.3 is 0 Å². The molecule has 0 spiro atoms. The summed E-state index contributed by atoms with van der Waals surface area (Å²) in [6.07, 6.45) is 0.511. The molecule has 7 heteroatoms. The summed E-state index contributed by atoms with van der Waals surface area (Å²) in [5.41, 5.74) is 2.61. The van der Waals surface area contributed by atoms with Gasteiger partial charge in [0.1, 0.15) is 5.56 Å². The molecule has 26 heavy (non-hydrogen) atoms. The van der Waals surface area contributed by atoms with E-state index in [2.05, 4.69) is 5.10 Å². The average Bonchev–Trinajstić information content (AvgIpc) is 2.78. The molecule has 0 aliphatic carbocycles. The molecule has 0 saturated heterocycles. The first kappa shape index (κ1) is 18.6. The van der Waals surface area contributed by atoms with Crippen LogP contribution in [0.3, 0.4) is 0 Å². The second-order valence-corrected chi connectivity index (χ2v) is 9.81. The molecule has 0 atom stereocenters. The highest BCUT2D eigenvalue weighted by Gasteiger charge is 2.39. The van der Waals surface area contributed by atoms with Gasteiger partial charge in [0.25, 0.3) is 0 Å². The molecule has 140 valence electrons. The van der Waals surface area contributed by atoms with E-state index in [-0.39, 0.29) is 28.4 Å². The van der Waals surface area contributed by atoms with Crippen LogP contribution in [0.2, 0.25) is 0 Å². The van der Waals surface area contributed by atoms with E-state index in [1.807, 2.05) is 13.8 Å². The lowest BCUT2D eigenvalue weighted by Crippen LogP contribution is -2.33. The Morgan fingerprint density at radius 3 is 2.42 bits per heavy atom. The summed E-state index contributed by atoms with van der Waals surface area (Å²) < 4.78 is 26.6. The molecule has 3 rings (SSSR count). The smallest absolute Gasteiger partial charge is 0.220 e. The summed E-state index contributed by atoms with van der Waals surface area (Å²) in [6.45, 7) is 9.20. The number of hydrogen-bond donors (Lipinski definition) is 1. The zero-order chi connectivity index (χ0) is 19.6. The van der Waals surface area contributed by atoms with Crippen molar-refractivity contribution in [1.82, 2.24) is 9.78 Å². The Bertz CT molecular complexity index is 1050. The molecular formula is C19H24N2O4S. The first-order valence-electron chi connectivity index (χ1n) is 8.53. The lowest BCUT2D eigenvalue weighted by molar-refractivity contribution is 0.103. The number of aryl methyl sites for hydroxylation is 3. The van der Waals surface area contributed by atoms with Crippen LogP contribution in [0.15, 0.2) is 11.0 Å². The molecule has 1 aliphatic rings. The molecule has 0 radical (unpaired) electrons. The summed E-state index contributed by atoms with van der Waals surface area (Å²) in [6, 6.07) is 1.63. The van der Waals surface area contributed by atoms with Crippen LogP contribution in [0.4, 0.5) is 0 Å². The van der Waals surface area contributed by atoms with Crippen LogP contribution in [0, 0.1) is 20.8 Å². The predicted molar refractivity (Wildman–Crippen MR) is 98.7 cm³/mol. The monoisotopic (exact) mass is 376 g/mol. The van der Waals surface area contributed by atoms with Gasteiger partial charge in [-0.25, -0.2) is 13.1 Å². The van der Waals surface area contributed by atoms with Crippen LogP contribution in [0.5, 0.6) is 5.88 Å². The summed E-state index contributed by atoms with van der Waals surface area (Å²) in [7, 11) is -1.79. The highest BCUT2D eigenvalue weighted by Crippen LogP contribution is 2.43. The molecule has 1 aromatic heterocycles. The van der Waals surface area contributed by atoms with Gasteiger partial charge < -0.3 is 5.11 Å². The second-order valence-electron chi connectivity index (χ2n) is 7.76. The molecule has 1 aromatic carbocycles. The van der Waals surface area contributed by atoms with Crippen molar-refractivity contribution in [2.45, 2.75) is 51.3 Å². The van der Waals surface area contributed by atoms with Crippen LogP contribution in [-0.4, -0.2) is 34.8 Å². The van der Waals surface area contributed by atoms with Crippen LogP contribution < -0.4 is 0 Å². The fourth-order valence-electron chi connectivity index (χ4n) is 4.01. The Kier molecular flexibility index (Phi) is 4.07. The molecule has 1 N–H and O–H groups in total. The van der Waals surface area contributed by atoms with Crippen molar-refractivity contribution in [2.75, 3.05) is 5.75 Å². The van der Waals surface area contributed by atoms with E-state index in [0.29, 0.717) is 39.3 Å². The fourth-order valence-corrected chi connectivity index (χ4v) is 6.28. The lowest BCUT2D eigenvalue weighted by Gasteiger charge is -2.35. The summed E-state index contributed by atoms with van der Waals surface area (Å²) in [5.74, 6) is -0.410. The second kappa shape index (κ2) is 5.67. The molecule has 0 unspecified atom stereocenters. The van der Waals surface area contributed by atoms with Crippen molar-refractivity contribution >= 4 is 15.6 Å². The van der Waals surface area contributed by atoms with E-state index in [1.54, 1.807) is 33.9 Å². The molecular weight excluding hydrogens is 352 g/mol. The number of sulfone groups is 1. The van der Waals surface area contributed by atoms with Crippen molar-refractivity contribution in [3.8, 4) is 5.88 Å². The number of rotatable bonds is 2. The predicted octanol–water partition coefficient (Wildman–Crippen LogP) is 2.74. The van der Waals surface area contributed by atoms with E-state index >= 15 is 0 Å². The van der Waals surface area contributed by atoms with Crippen molar-refractivity contribution in [3.05, 3.63) is 39.6 Å². The maximum Gasteiger partial charge on any atom is 0.220 e. The zero-order valence-electron chi connectivity index (χ0n) is 16.0. The first-order valence-corrected chi connectivity index (χ1v) is 10.2. The number of carbonyl (C=O) groups excluding carboxylic acids is 1. The largest absolute Gasteiger partial charge is 0.493 e. The van der Waals surface area contributed by atoms with Gasteiger partial charge in [-0.2, -0.15) is 5.10 Å². The number of nitrogens with zero attached hydrogens (tertiary/aromatic N) is 2. The Balaban J connectivity index is 2.33. The van der Waals surface area contributed by atoms with Gasteiger partial charge in [0, 0.05) is 12.6 Å². The standard InChI is InChI=1S/C19H24N2O4S/c1-10-9-13(16(22)14-12(3)20-21(6)18(14)23)11(2)15-17(10)26(24,25)8-7-19(15,4)5/h9,23H,7-8H2,1-6H3. The van der Waals surface area contributed by atoms with Crippen molar-refractivity contribution in [1.29, 1.82) is 0 Å². The molecule has 0 amide bonds. The Labute approximate surface area is 153 Å². The number of hydrogen-bond acceptors (Lipinski definition) is 5. The van der Waals surface area contributed by atoms with E-state index in [9.17, 15) is 18.3 Å². The minimum absolute atomic E-state index is 0.114. The lowest BCUT2D eigenvalue weighted by atomic mass is 9.76. The van der Waals surface area contributed by atoms with Gasteiger partial charge in [-0.05, 0) is 55.4 Å². The number of ketones is 1. The minimum Gasteiger partial charge on any atom is -0.493 e. The Hall–Kier alpha value is -2.15. The number of aromatic hydroxyl groups is 1. The Morgan fingerprint density at radius 1 is 1.27 bits per heavy atom. The van der Waals surface area contributed by atoms with E-state index in [4.69, 9.17) is 0 Å². The third-order valence-electron chi connectivity index (χ3n) is 5.37. The molecule has 2 aromatic rings. The first-order chi connectivity index (χ1) is 11.9. The minimum atomic E-state index is -3.36. The third kappa shape index (κ3) is 2.57. The van der Waals surface area contributed by atoms with Gasteiger partial charge in [0.2, 0.25) is 11.7 Å². The molecule has 0 bridgehead atoms.